The van der Waals surface area contributed by atoms with Gasteiger partial charge in [-0.05, 0) is 30.7 Å². The average Bonchev–Trinajstić information content (AvgIpc) is 2.66. The molecule has 2 aromatic rings. The fourth-order valence-corrected chi connectivity index (χ4v) is 2.96. The Bertz CT molecular complexity index is 522. The fraction of sp³-hybridized carbons (Fsp3) is 0.0909. The van der Waals surface area contributed by atoms with E-state index in [0.717, 1.165) is 15.5 Å². The standard InChI is InChI=1S/C11H9NO2S2/c1-7-2-3-12-10(4-7)16-8-5-9(11(13)14)15-6-8/h2-6H,1H3,(H,13,14). The van der Waals surface area contributed by atoms with Crippen molar-refractivity contribution in [1.82, 2.24) is 4.98 Å². The predicted octanol–water partition coefficient (Wildman–Crippen LogP) is 3.30. The molecule has 82 valence electrons. The molecule has 5 heteroatoms. The summed E-state index contributed by atoms with van der Waals surface area (Å²) in [6, 6.07) is 5.57. The van der Waals surface area contributed by atoms with Crippen LogP contribution in [-0.4, -0.2) is 16.1 Å². The van der Waals surface area contributed by atoms with E-state index >= 15 is 0 Å². The molecule has 2 rings (SSSR count). The molecule has 2 heterocycles. The highest BCUT2D eigenvalue weighted by Crippen LogP contribution is 2.30. The molecule has 0 aliphatic carbocycles. The van der Waals surface area contributed by atoms with E-state index in [2.05, 4.69) is 4.98 Å². The van der Waals surface area contributed by atoms with Crippen molar-refractivity contribution in [1.29, 1.82) is 0 Å². The van der Waals surface area contributed by atoms with E-state index in [0.29, 0.717) is 4.88 Å². The van der Waals surface area contributed by atoms with Gasteiger partial charge in [0, 0.05) is 16.5 Å². The number of aromatic nitrogens is 1. The van der Waals surface area contributed by atoms with Gasteiger partial charge in [-0.2, -0.15) is 0 Å². The molecule has 0 aliphatic heterocycles. The Kier molecular flexibility index (Phi) is 3.26. The molecule has 0 saturated carbocycles. The summed E-state index contributed by atoms with van der Waals surface area (Å²) < 4.78 is 0. The van der Waals surface area contributed by atoms with Crippen molar-refractivity contribution in [2.45, 2.75) is 16.8 Å². The largest absolute Gasteiger partial charge is 0.477 e. The highest BCUT2D eigenvalue weighted by molar-refractivity contribution is 7.99. The lowest BCUT2D eigenvalue weighted by molar-refractivity contribution is 0.0702. The summed E-state index contributed by atoms with van der Waals surface area (Å²) in [7, 11) is 0. The van der Waals surface area contributed by atoms with E-state index in [1.807, 2.05) is 24.4 Å². The van der Waals surface area contributed by atoms with Crippen LogP contribution in [0.2, 0.25) is 0 Å². The van der Waals surface area contributed by atoms with Crippen molar-refractivity contribution >= 4 is 29.1 Å². The van der Waals surface area contributed by atoms with Gasteiger partial charge in [0.15, 0.2) is 0 Å². The van der Waals surface area contributed by atoms with E-state index in [1.165, 1.54) is 23.1 Å². The average molecular weight is 251 g/mol. The van der Waals surface area contributed by atoms with Gasteiger partial charge in [0.05, 0.1) is 0 Å². The number of hydrogen-bond donors (Lipinski definition) is 1. The van der Waals surface area contributed by atoms with Crippen molar-refractivity contribution in [2.24, 2.45) is 0 Å². The molecule has 0 aromatic carbocycles. The number of carboxylic acids is 1. The van der Waals surface area contributed by atoms with Crippen LogP contribution in [0.4, 0.5) is 0 Å². The normalized spacial score (nSPS) is 10.3. The van der Waals surface area contributed by atoms with E-state index < -0.39 is 5.97 Å². The summed E-state index contributed by atoms with van der Waals surface area (Å²) in [4.78, 5) is 16.2. The number of carbonyl (C=O) groups is 1. The fourth-order valence-electron chi connectivity index (χ4n) is 1.17. The lowest BCUT2D eigenvalue weighted by Gasteiger charge is -1.98. The van der Waals surface area contributed by atoms with Crippen LogP contribution in [0.5, 0.6) is 0 Å². The second-order valence-corrected chi connectivity index (χ2v) is 5.23. The van der Waals surface area contributed by atoms with Gasteiger partial charge in [0.1, 0.15) is 9.90 Å². The summed E-state index contributed by atoms with van der Waals surface area (Å²) in [5, 5.41) is 11.5. The van der Waals surface area contributed by atoms with Crippen LogP contribution in [-0.2, 0) is 0 Å². The molecule has 2 aromatic heterocycles. The smallest absolute Gasteiger partial charge is 0.345 e. The zero-order valence-corrected chi connectivity index (χ0v) is 10.1. The van der Waals surface area contributed by atoms with E-state index in [-0.39, 0.29) is 0 Å². The van der Waals surface area contributed by atoms with E-state index in [1.54, 1.807) is 12.3 Å². The Balaban J connectivity index is 2.17. The van der Waals surface area contributed by atoms with Crippen molar-refractivity contribution < 1.29 is 9.90 Å². The number of nitrogens with zero attached hydrogens (tertiary/aromatic N) is 1. The third kappa shape index (κ3) is 2.62. The summed E-state index contributed by atoms with van der Waals surface area (Å²) in [6.45, 7) is 2.00. The minimum Gasteiger partial charge on any atom is -0.477 e. The molecule has 0 aliphatic rings. The van der Waals surface area contributed by atoms with Gasteiger partial charge >= 0.3 is 5.97 Å². The van der Waals surface area contributed by atoms with Gasteiger partial charge in [-0.15, -0.1) is 11.3 Å². The number of pyridine rings is 1. The van der Waals surface area contributed by atoms with E-state index in [9.17, 15) is 4.79 Å². The number of hydrogen-bond acceptors (Lipinski definition) is 4. The lowest BCUT2D eigenvalue weighted by Crippen LogP contribution is -1.89. The minimum atomic E-state index is -0.881. The number of thiophene rings is 1. The van der Waals surface area contributed by atoms with Gasteiger partial charge in [0.2, 0.25) is 0 Å². The number of aromatic carboxylic acids is 1. The summed E-state index contributed by atoms with van der Waals surface area (Å²) in [5.74, 6) is -0.881. The first-order valence-electron chi connectivity index (χ1n) is 4.57. The van der Waals surface area contributed by atoms with Crippen molar-refractivity contribution in [3.63, 3.8) is 0 Å². The third-order valence-corrected chi connectivity index (χ3v) is 3.87. The Hall–Kier alpha value is -1.33. The number of rotatable bonds is 3. The van der Waals surface area contributed by atoms with Gasteiger partial charge < -0.3 is 5.11 Å². The monoisotopic (exact) mass is 251 g/mol. The SMILES string of the molecule is Cc1ccnc(Sc2csc(C(=O)O)c2)c1. The first-order chi connectivity index (χ1) is 7.65. The second kappa shape index (κ2) is 4.67. The van der Waals surface area contributed by atoms with Crippen molar-refractivity contribution in [3.8, 4) is 0 Å². The molecule has 1 N–H and O–H groups in total. The topological polar surface area (TPSA) is 50.2 Å². The molecule has 0 fully saturated rings. The number of aryl methyl sites for hydroxylation is 1. The van der Waals surface area contributed by atoms with Crippen LogP contribution in [0.25, 0.3) is 0 Å². The molecule has 0 atom stereocenters. The Morgan fingerprint density at radius 3 is 2.94 bits per heavy atom. The first kappa shape index (κ1) is 11.2. The summed E-state index contributed by atoms with van der Waals surface area (Å²) >= 11 is 2.71. The quantitative estimate of drug-likeness (QED) is 0.909. The van der Waals surface area contributed by atoms with E-state index in [4.69, 9.17) is 5.11 Å². The van der Waals surface area contributed by atoms with Crippen LogP contribution in [0.15, 0.2) is 39.7 Å². The maximum Gasteiger partial charge on any atom is 0.345 e. The minimum absolute atomic E-state index is 0.357. The van der Waals surface area contributed by atoms with Gasteiger partial charge in [-0.25, -0.2) is 9.78 Å². The summed E-state index contributed by atoms with van der Waals surface area (Å²) in [6.07, 6.45) is 1.75. The third-order valence-electron chi connectivity index (χ3n) is 1.90. The Labute approximate surface area is 101 Å². The highest BCUT2D eigenvalue weighted by Gasteiger charge is 2.08. The van der Waals surface area contributed by atoms with Crippen molar-refractivity contribution in [2.75, 3.05) is 0 Å². The molecule has 0 saturated heterocycles. The molecular formula is C11H9NO2S2. The van der Waals surface area contributed by atoms with Crippen LogP contribution < -0.4 is 0 Å². The van der Waals surface area contributed by atoms with Gasteiger partial charge in [-0.1, -0.05) is 11.8 Å². The maximum atomic E-state index is 10.7. The first-order valence-corrected chi connectivity index (χ1v) is 6.27. The summed E-state index contributed by atoms with van der Waals surface area (Å²) in [5.41, 5.74) is 1.14. The van der Waals surface area contributed by atoms with Crippen LogP contribution in [0.3, 0.4) is 0 Å². The van der Waals surface area contributed by atoms with Gasteiger partial charge in [0.25, 0.3) is 0 Å². The Morgan fingerprint density at radius 2 is 2.31 bits per heavy atom. The van der Waals surface area contributed by atoms with Crippen molar-refractivity contribution in [3.05, 3.63) is 40.2 Å². The van der Waals surface area contributed by atoms with Crippen LogP contribution in [0, 0.1) is 6.92 Å². The molecule has 0 radical (unpaired) electrons. The molecule has 0 bridgehead atoms. The molecule has 16 heavy (non-hydrogen) atoms. The Morgan fingerprint density at radius 1 is 1.50 bits per heavy atom. The lowest BCUT2D eigenvalue weighted by atomic mass is 10.3. The molecule has 0 unspecified atom stereocenters. The van der Waals surface area contributed by atoms with Crippen LogP contribution in [0.1, 0.15) is 15.2 Å². The van der Waals surface area contributed by atoms with Gasteiger partial charge in [-0.3, -0.25) is 0 Å². The second-order valence-electron chi connectivity index (χ2n) is 3.23. The zero-order chi connectivity index (χ0) is 11.5. The maximum absolute atomic E-state index is 10.7. The van der Waals surface area contributed by atoms with Crippen LogP contribution >= 0.6 is 23.1 Å². The number of carboxylic acid groups (broad SMARTS) is 1. The molecule has 0 spiro atoms. The predicted molar refractivity (Wildman–Crippen MR) is 64.4 cm³/mol. The molecular weight excluding hydrogens is 242 g/mol. The highest BCUT2D eigenvalue weighted by atomic mass is 32.2. The molecule has 0 amide bonds. The zero-order valence-electron chi connectivity index (χ0n) is 8.51. The molecule has 3 nitrogen and oxygen atoms in total.